The Balaban J connectivity index is 1.67. The second kappa shape index (κ2) is 11.1. The standard InChI is InChI=1S/C28H35N3S/c1-3-21-13-15-23(16-14-21)20-31-27(24-10-6-5-7-11-24)26(28(30-31)32-18-17-29)25-12-8-9-22(4-2)19-25/h5-12,19,21,23,26-27H,3-4,13-16,18,20H2,1-2H3. The van der Waals surface area contributed by atoms with Crippen molar-refractivity contribution in [2.24, 2.45) is 16.9 Å². The molecule has 2 aromatic rings. The van der Waals surface area contributed by atoms with Gasteiger partial charge in [-0.2, -0.15) is 10.4 Å². The first-order chi connectivity index (χ1) is 15.7. The molecule has 2 unspecified atom stereocenters. The SMILES string of the molecule is CCc1cccc(C2C(SCC#N)=NN(CC3CCC(CC)CC3)C2c2ccccc2)c1. The first kappa shape index (κ1) is 22.9. The molecule has 168 valence electrons. The summed E-state index contributed by atoms with van der Waals surface area (Å²) in [5.41, 5.74) is 3.99. The Kier molecular flexibility index (Phi) is 7.92. The number of hydrogen-bond donors (Lipinski definition) is 0. The van der Waals surface area contributed by atoms with Crippen LogP contribution < -0.4 is 0 Å². The predicted molar refractivity (Wildman–Crippen MR) is 136 cm³/mol. The third-order valence-electron chi connectivity index (χ3n) is 7.26. The van der Waals surface area contributed by atoms with Gasteiger partial charge in [-0.15, -0.1) is 0 Å². The van der Waals surface area contributed by atoms with Gasteiger partial charge >= 0.3 is 0 Å². The molecule has 0 amide bonds. The lowest BCUT2D eigenvalue weighted by atomic mass is 9.80. The molecule has 2 aliphatic rings. The average molecular weight is 446 g/mol. The maximum absolute atomic E-state index is 9.28. The van der Waals surface area contributed by atoms with Crippen molar-refractivity contribution in [2.45, 2.75) is 64.3 Å². The van der Waals surface area contributed by atoms with Crippen LogP contribution in [0.2, 0.25) is 0 Å². The number of nitriles is 1. The molecule has 0 bridgehead atoms. The summed E-state index contributed by atoms with van der Waals surface area (Å²) in [5.74, 6) is 2.23. The van der Waals surface area contributed by atoms with E-state index in [-0.39, 0.29) is 12.0 Å². The minimum absolute atomic E-state index is 0.175. The van der Waals surface area contributed by atoms with Gasteiger partial charge in [0.2, 0.25) is 0 Å². The maximum atomic E-state index is 9.28. The van der Waals surface area contributed by atoms with Crippen molar-refractivity contribution >= 4 is 16.8 Å². The summed E-state index contributed by atoms with van der Waals surface area (Å²) >= 11 is 1.62. The highest BCUT2D eigenvalue weighted by molar-refractivity contribution is 8.14. The van der Waals surface area contributed by atoms with Gasteiger partial charge in [0.1, 0.15) is 5.04 Å². The molecule has 1 aliphatic heterocycles. The molecule has 1 heterocycles. The Hall–Kier alpha value is -2.25. The molecule has 0 N–H and O–H groups in total. The number of aryl methyl sites for hydroxylation is 1. The van der Waals surface area contributed by atoms with Gasteiger partial charge in [0.25, 0.3) is 0 Å². The summed E-state index contributed by atoms with van der Waals surface area (Å²) in [7, 11) is 0. The van der Waals surface area contributed by atoms with E-state index in [9.17, 15) is 5.26 Å². The molecular formula is C28H35N3S. The van der Waals surface area contributed by atoms with Crippen molar-refractivity contribution in [1.29, 1.82) is 5.26 Å². The van der Waals surface area contributed by atoms with Crippen molar-refractivity contribution in [1.82, 2.24) is 5.01 Å². The van der Waals surface area contributed by atoms with E-state index in [1.807, 2.05) is 0 Å². The molecule has 0 spiro atoms. The quantitative estimate of drug-likeness (QED) is 0.453. The summed E-state index contributed by atoms with van der Waals surface area (Å²) in [6, 6.07) is 22.3. The van der Waals surface area contributed by atoms with Crippen molar-refractivity contribution in [3.05, 3.63) is 71.3 Å². The van der Waals surface area contributed by atoms with Gasteiger partial charge in [-0.25, -0.2) is 0 Å². The van der Waals surface area contributed by atoms with Crippen molar-refractivity contribution < 1.29 is 0 Å². The first-order valence-electron chi connectivity index (χ1n) is 12.2. The fraction of sp³-hybridized carbons (Fsp3) is 0.500. The summed E-state index contributed by atoms with van der Waals surface area (Å²) in [6.45, 7) is 5.55. The molecule has 1 fully saturated rings. The molecule has 3 nitrogen and oxygen atoms in total. The van der Waals surface area contributed by atoms with Gasteiger partial charge in [0.15, 0.2) is 0 Å². The topological polar surface area (TPSA) is 39.4 Å². The Morgan fingerprint density at radius 1 is 0.969 bits per heavy atom. The number of nitrogens with zero attached hydrogens (tertiary/aromatic N) is 3. The number of hydrazone groups is 1. The largest absolute Gasteiger partial charge is 0.287 e. The Morgan fingerprint density at radius 2 is 1.69 bits per heavy atom. The van der Waals surface area contributed by atoms with Crippen LogP contribution in [0.1, 0.15) is 74.6 Å². The molecule has 2 aromatic carbocycles. The van der Waals surface area contributed by atoms with E-state index in [2.05, 4.69) is 79.5 Å². The minimum Gasteiger partial charge on any atom is -0.287 e. The molecule has 0 aromatic heterocycles. The van der Waals surface area contributed by atoms with Gasteiger partial charge in [0.05, 0.1) is 23.8 Å². The molecule has 2 atom stereocenters. The zero-order chi connectivity index (χ0) is 22.3. The van der Waals surface area contributed by atoms with Gasteiger partial charge in [-0.3, -0.25) is 5.01 Å². The number of hydrogen-bond acceptors (Lipinski definition) is 4. The van der Waals surface area contributed by atoms with Crippen LogP contribution in [0.4, 0.5) is 0 Å². The molecule has 4 rings (SSSR count). The zero-order valence-electron chi connectivity index (χ0n) is 19.4. The average Bonchev–Trinajstić information content (AvgIpc) is 3.21. The van der Waals surface area contributed by atoms with E-state index < -0.39 is 0 Å². The van der Waals surface area contributed by atoms with Gasteiger partial charge in [-0.05, 0) is 47.8 Å². The normalized spacial score (nSPS) is 25.4. The van der Waals surface area contributed by atoms with Crippen LogP contribution in [0.5, 0.6) is 0 Å². The lowest BCUT2D eigenvalue weighted by Gasteiger charge is -2.34. The molecule has 32 heavy (non-hydrogen) atoms. The molecule has 0 radical (unpaired) electrons. The molecule has 1 aliphatic carbocycles. The van der Waals surface area contributed by atoms with Crippen LogP contribution in [-0.2, 0) is 6.42 Å². The van der Waals surface area contributed by atoms with E-state index in [0.717, 1.165) is 23.9 Å². The highest BCUT2D eigenvalue weighted by atomic mass is 32.2. The monoisotopic (exact) mass is 445 g/mol. The van der Waals surface area contributed by atoms with Gasteiger partial charge in [-0.1, -0.05) is 99.5 Å². The summed E-state index contributed by atoms with van der Waals surface area (Å²) < 4.78 is 0. The Bertz CT molecular complexity index is 941. The van der Waals surface area contributed by atoms with Crippen LogP contribution in [0, 0.1) is 23.2 Å². The number of benzene rings is 2. The van der Waals surface area contributed by atoms with Gasteiger partial charge in [0, 0.05) is 6.54 Å². The number of thioether (sulfide) groups is 1. The van der Waals surface area contributed by atoms with Crippen LogP contribution in [0.25, 0.3) is 0 Å². The van der Waals surface area contributed by atoms with Crippen molar-refractivity contribution in [2.75, 3.05) is 12.3 Å². The third-order valence-corrected chi connectivity index (χ3v) is 8.17. The molecular weight excluding hydrogens is 410 g/mol. The smallest absolute Gasteiger partial charge is 0.104 e. The van der Waals surface area contributed by atoms with E-state index in [0.29, 0.717) is 11.7 Å². The second-order valence-corrected chi connectivity index (χ2v) is 10.2. The van der Waals surface area contributed by atoms with Crippen LogP contribution in [0.15, 0.2) is 59.7 Å². The Morgan fingerprint density at radius 3 is 2.38 bits per heavy atom. The van der Waals surface area contributed by atoms with Crippen molar-refractivity contribution in [3.8, 4) is 6.07 Å². The first-order valence-corrected chi connectivity index (χ1v) is 13.2. The van der Waals surface area contributed by atoms with Crippen molar-refractivity contribution in [3.63, 3.8) is 0 Å². The van der Waals surface area contributed by atoms with Gasteiger partial charge < -0.3 is 0 Å². The third kappa shape index (κ3) is 5.21. The molecule has 0 saturated heterocycles. The summed E-state index contributed by atoms with van der Waals surface area (Å²) in [6.07, 6.45) is 7.66. The Labute approximate surface area is 197 Å². The van der Waals surface area contributed by atoms with Crippen LogP contribution in [-0.4, -0.2) is 22.4 Å². The summed E-state index contributed by atoms with van der Waals surface area (Å²) in [5, 5.41) is 17.9. The zero-order valence-corrected chi connectivity index (χ0v) is 20.2. The highest BCUT2D eigenvalue weighted by Crippen LogP contribution is 2.46. The van der Waals surface area contributed by atoms with E-state index in [1.54, 1.807) is 11.8 Å². The highest BCUT2D eigenvalue weighted by Gasteiger charge is 2.40. The molecule has 1 saturated carbocycles. The number of rotatable bonds is 7. The summed E-state index contributed by atoms with van der Waals surface area (Å²) in [4.78, 5) is 0. The van der Waals surface area contributed by atoms with E-state index in [1.165, 1.54) is 48.8 Å². The second-order valence-electron chi connectivity index (χ2n) is 9.23. The van der Waals surface area contributed by atoms with Crippen LogP contribution in [0.3, 0.4) is 0 Å². The fourth-order valence-corrected chi connectivity index (χ4v) is 6.19. The lowest BCUT2D eigenvalue weighted by Crippen LogP contribution is -2.30. The minimum atomic E-state index is 0.175. The lowest BCUT2D eigenvalue weighted by molar-refractivity contribution is 0.150. The van der Waals surface area contributed by atoms with E-state index in [4.69, 9.17) is 5.10 Å². The maximum Gasteiger partial charge on any atom is 0.104 e. The molecule has 4 heteroatoms. The van der Waals surface area contributed by atoms with E-state index >= 15 is 0 Å². The van der Waals surface area contributed by atoms with Crippen LogP contribution >= 0.6 is 11.8 Å². The fourth-order valence-electron chi connectivity index (χ4n) is 5.37. The predicted octanol–water partition coefficient (Wildman–Crippen LogP) is 7.18.